The second-order valence-electron chi connectivity index (χ2n) is 5.83. The minimum Gasteiger partial charge on any atom is -0.350 e. The van der Waals surface area contributed by atoms with Crippen LogP contribution in [0.1, 0.15) is 18.4 Å². The molecule has 1 saturated heterocycles. The first-order valence-electron chi connectivity index (χ1n) is 7.80. The number of hydrogen-bond acceptors (Lipinski definition) is 4. The van der Waals surface area contributed by atoms with Gasteiger partial charge < -0.3 is 5.32 Å². The number of carbonyl (C=O) groups excluding carboxylic acids is 1. The molecule has 0 unspecified atom stereocenters. The molecule has 1 aliphatic heterocycles. The zero-order chi connectivity index (χ0) is 16.1. The van der Waals surface area contributed by atoms with Gasteiger partial charge in [-0.3, -0.25) is 9.69 Å². The summed E-state index contributed by atoms with van der Waals surface area (Å²) in [6.07, 6.45) is 5.13. The van der Waals surface area contributed by atoms with Crippen molar-refractivity contribution in [3.63, 3.8) is 0 Å². The summed E-state index contributed by atoms with van der Waals surface area (Å²) in [6.45, 7) is 2.40. The molecule has 3 rings (SSSR count). The first-order valence-corrected chi connectivity index (χ1v) is 7.80. The van der Waals surface area contributed by atoms with Crippen molar-refractivity contribution in [2.45, 2.75) is 32.0 Å². The van der Waals surface area contributed by atoms with Crippen molar-refractivity contribution in [2.24, 2.45) is 0 Å². The molecule has 7 heteroatoms. The fourth-order valence-corrected chi connectivity index (χ4v) is 2.92. The van der Waals surface area contributed by atoms with E-state index in [4.69, 9.17) is 0 Å². The quantitative estimate of drug-likeness (QED) is 0.900. The van der Waals surface area contributed by atoms with Gasteiger partial charge in [-0.25, -0.2) is 9.07 Å². The predicted octanol–water partition coefficient (Wildman–Crippen LogP) is 1.20. The lowest BCUT2D eigenvalue weighted by Gasteiger charge is -2.33. The van der Waals surface area contributed by atoms with E-state index in [2.05, 4.69) is 20.5 Å². The zero-order valence-electron chi connectivity index (χ0n) is 12.9. The van der Waals surface area contributed by atoms with E-state index >= 15 is 0 Å². The van der Waals surface area contributed by atoms with E-state index in [1.165, 1.54) is 10.7 Å². The summed E-state index contributed by atoms with van der Waals surface area (Å²) in [7, 11) is 0. The highest BCUT2D eigenvalue weighted by molar-refractivity contribution is 5.75. The second-order valence-corrected chi connectivity index (χ2v) is 5.83. The van der Waals surface area contributed by atoms with E-state index in [1.807, 2.05) is 12.1 Å². The highest BCUT2D eigenvalue weighted by Gasteiger charge is 2.22. The topological polar surface area (TPSA) is 63.1 Å². The Morgan fingerprint density at radius 3 is 3.04 bits per heavy atom. The van der Waals surface area contributed by atoms with Gasteiger partial charge in [-0.2, -0.15) is 0 Å². The molecule has 0 bridgehead atoms. The molecule has 2 aromatic rings. The summed E-state index contributed by atoms with van der Waals surface area (Å²) in [6, 6.07) is 6.92. The molecule has 1 aromatic heterocycles. The standard InChI is InChI=1S/C16H20FN5O/c17-15-6-2-1-4-13(15)10-21-8-3-5-14(11-21)19-16(23)12-22-9-7-18-20-22/h1-2,4,6-7,9,14H,3,5,8,10-12H2,(H,19,23)/t14-/m1/s1. The van der Waals surface area contributed by atoms with Crippen molar-refractivity contribution in [1.29, 1.82) is 0 Å². The molecule has 0 aliphatic carbocycles. The number of benzene rings is 1. The van der Waals surface area contributed by atoms with Gasteiger partial charge >= 0.3 is 0 Å². The number of piperidine rings is 1. The lowest BCUT2D eigenvalue weighted by molar-refractivity contribution is -0.123. The first-order chi connectivity index (χ1) is 11.2. The minimum atomic E-state index is -0.176. The normalized spacial score (nSPS) is 18.7. The van der Waals surface area contributed by atoms with Crippen LogP contribution in [0.2, 0.25) is 0 Å². The van der Waals surface area contributed by atoms with Crippen LogP contribution in [0.25, 0.3) is 0 Å². The highest BCUT2D eigenvalue weighted by Crippen LogP contribution is 2.15. The van der Waals surface area contributed by atoms with E-state index in [9.17, 15) is 9.18 Å². The number of nitrogens with zero attached hydrogens (tertiary/aromatic N) is 4. The third-order valence-corrected chi connectivity index (χ3v) is 4.00. The van der Waals surface area contributed by atoms with Crippen LogP contribution in [0.3, 0.4) is 0 Å². The van der Waals surface area contributed by atoms with Gasteiger partial charge in [0.2, 0.25) is 5.91 Å². The molecule has 1 amide bonds. The number of nitrogens with one attached hydrogen (secondary N) is 1. The molecule has 6 nitrogen and oxygen atoms in total. The molecule has 1 aliphatic rings. The number of likely N-dealkylation sites (tertiary alicyclic amines) is 1. The van der Waals surface area contributed by atoms with E-state index in [-0.39, 0.29) is 24.3 Å². The van der Waals surface area contributed by atoms with Crippen LogP contribution in [0.15, 0.2) is 36.7 Å². The first kappa shape index (κ1) is 15.6. The van der Waals surface area contributed by atoms with Crippen molar-refractivity contribution < 1.29 is 9.18 Å². The van der Waals surface area contributed by atoms with Gasteiger partial charge in [0.05, 0.1) is 6.20 Å². The van der Waals surface area contributed by atoms with Gasteiger partial charge in [0.25, 0.3) is 0 Å². The monoisotopic (exact) mass is 317 g/mol. The lowest BCUT2D eigenvalue weighted by Crippen LogP contribution is -2.48. The Kier molecular flexibility index (Phi) is 4.97. The third kappa shape index (κ3) is 4.35. The largest absolute Gasteiger partial charge is 0.350 e. The molecular weight excluding hydrogens is 297 g/mol. The van der Waals surface area contributed by atoms with Crippen LogP contribution in [-0.2, 0) is 17.9 Å². The summed E-state index contributed by atoms with van der Waals surface area (Å²) in [5, 5.41) is 10.5. The molecule has 2 heterocycles. The third-order valence-electron chi connectivity index (χ3n) is 4.00. The van der Waals surface area contributed by atoms with Crippen molar-refractivity contribution in [3.8, 4) is 0 Å². The van der Waals surface area contributed by atoms with Crippen LogP contribution in [0.5, 0.6) is 0 Å². The molecule has 122 valence electrons. The Morgan fingerprint density at radius 2 is 2.26 bits per heavy atom. The molecule has 0 spiro atoms. The summed E-state index contributed by atoms with van der Waals surface area (Å²) >= 11 is 0. The Hall–Kier alpha value is -2.28. The summed E-state index contributed by atoms with van der Waals surface area (Å²) in [5.74, 6) is -0.252. The van der Waals surface area contributed by atoms with Crippen LogP contribution >= 0.6 is 0 Å². The van der Waals surface area contributed by atoms with E-state index in [0.29, 0.717) is 12.1 Å². The molecule has 1 N–H and O–H groups in total. The fourth-order valence-electron chi connectivity index (χ4n) is 2.92. The average Bonchev–Trinajstić information content (AvgIpc) is 3.03. The maximum atomic E-state index is 13.8. The Labute approximate surface area is 134 Å². The summed E-state index contributed by atoms with van der Waals surface area (Å²) < 4.78 is 15.2. The number of rotatable bonds is 5. The molecule has 0 saturated carbocycles. The van der Waals surface area contributed by atoms with Gasteiger partial charge in [0.1, 0.15) is 12.4 Å². The average molecular weight is 317 g/mol. The molecule has 1 aromatic carbocycles. The van der Waals surface area contributed by atoms with Crippen LogP contribution in [-0.4, -0.2) is 44.9 Å². The maximum absolute atomic E-state index is 13.8. The van der Waals surface area contributed by atoms with Crippen molar-refractivity contribution in [3.05, 3.63) is 48.0 Å². The Morgan fingerprint density at radius 1 is 1.39 bits per heavy atom. The van der Waals surface area contributed by atoms with Gasteiger partial charge in [0, 0.05) is 30.9 Å². The summed E-state index contributed by atoms with van der Waals surface area (Å²) in [4.78, 5) is 14.2. The maximum Gasteiger partial charge on any atom is 0.242 e. The number of amides is 1. The number of hydrogen-bond donors (Lipinski definition) is 1. The van der Waals surface area contributed by atoms with E-state index in [1.54, 1.807) is 18.5 Å². The zero-order valence-corrected chi connectivity index (χ0v) is 12.9. The number of carbonyl (C=O) groups is 1. The fraction of sp³-hybridized carbons (Fsp3) is 0.438. The lowest BCUT2D eigenvalue weighted by atomic mass is 10.0. The Balaban J connectivity index is 1.52. The number of halogens is 1. The van der Waals surface area contributed by atoms with Crippen LogP contribution in [0, 0.1) is 5.82 Å². The predicted molar refractivity (Wildman–Crippen MR) is 82.9 cm³/mol. The SMILES string of the molecule is O=C(Cn1ccnn1)N[C@@H]1CCCN(Cc2ccccc2F)C1. The van der Waals surface area contributed by atoms with Crippen molar-refractivity contribution in [2.75, 3.05) is 13.1 Å². The van der Waals surface area contributed by atoms with E-state index < -0.39 is 0 Å². The van der Waals surface area contributed by atoms with Crippen LogP contribution in [0.4, 0.5) is 4.39 Å². The summed E-state index contributed by atoms with van der Waals surface area (Å²) in [5.41, 5.74) is 0.696. The molecular formula is C16H20FN5O. The van der Waals surface area contributed by atoms with Crippen molar-refractivity contribution >= 4 is 5.91 Å². The van der Waals surface area contributed by atoms with Crippen LogP contribution < -0.4 is 5.32 Å². The van der Waals surface area contributed by atoms with Gasteiger partial charge in [-0.1, -0.05) is 23.4 Å². The van der Waals surface area contributed by atoms with E-state index in [0.717, 1.165) is 25.9 Å². The molecule has 1 fully saturated rings. The van der Waals surface area contributed by atoms with Crippen molar-refractivity contribution in [1.82, 2.24) is 25.2 Å². The highest BCUT2D eigenvalue weighted by atomic mass is 19.1. The second kappa shape index (κ2) is 7.32. The molecule has 1 atom stereocenters. The van der Waals surface area contributed by atoms with Gasteiger partial charge in [-0.05, 0) is 25.5 Å². The molecule has 23 heavy (non-hydrogen) atoms. The molecule has 0 radical (unpaired) electrons. The smallest absolute Gasteiger partial charge is 0.242 e. The number of aromatic nitrogens is 3. The minimum absolute atomic E-state index is 0.0757. The van der Waals surface area contributed by atoms with Gasteiger partial charge in [0.15, 0.2) is 0 Å². The van der Waals surface area contributed by atoms with Gasteiger partial charge in [-0.15, -0.1) is 5.10 Å². The Bertz CT molecular complexity index is 646.